The number of hydrogen-bond acceptors (Lipinski definition) is 3. The average molecular weight is 237 g/mol. The van der Waals surface area contributed by atoms with Crippen molar-refractivity contribution < 1.29 is 4.21 Å². The average Bonchev–Trinajstić information content (AvgIpc) is 2.06. The monoisotopic (exact) mass is 236 g/mol. The third kappa shape index (κ3) is 1.85. The molecule has 3 nitrogen and oxygen atoms in total. The lowest BCUT2D eigenvalue weighted by Crippen LogP contribution is -2.16. The molecule has 0 N–H and O–H groups in total. The van der Waals surface area contributed by atoms with Crippen molar-refractivity contribution in [3.63, 3.8) is 0 Å². The van der Waals surface area contributed by atoms with Crippen LogP contribution in [0.15, 0.2) is 0 Å². The smallest absolute Gasteiger partial charge is 0.224 e. The summed E-state index contributed by atoms with van der Waals surface area (Å²) in [5.74, 6) is 1.09. The molecule has 0 saturated heterocycles. The summed E-state index contributed by atoms with van der Waals surface area (Å²) >= 11 is 11.5. The lowest BCUT2D eigenvalue weighted by atomic mass is 10.2. The maximum Gasteiger partial charge on any atom is 0.224 e. The number of aromatic nitrogens is 2. The fourth-order valence-electron chi connectivity index (χ4n) is 1.26. The fraction of sp³-hybridized carbons (Fsp3) is 0.429. The van der Waals surface area contributed by atoms with Crippen LogP contribution in [0.3, 0.4) is 0 Å². The maximum absolute atomic E-state index is 11.2. The van der Waals surface area contributed by atoms with Crippen LogP contribution in [0.2, 0.25) is 10.4 Å². The lowest BCUT2D eigenvalue weighted by molar-refractivity contribution is 0.678. The molecule has 0 unspecified atom stereocenters. The molecule has 0 aliphatic carbocycles. The Morgan fingerprint density at radius 1 is 1.31 bits per heavy atom. The van der Waals surface area contributed by atoms with Crippen molar-refractivity contribution >= 4 is 34.0 Å². The summed E-state index contributed by atoms with van der Waals surface area (Å²) in [7, 11) is -0.826. The fourth-order valence-corrected chi connectivity index (χ4v) is 3.02. The van der Waals surface area contributed by atoms with Gasteiger partial charge in [-0.15, -0.1) is 0 Å². The summed E-state index contributed by atoms with van der Waals surface area (Å²) in [5.41, 5.74) is 1.63. The van der Waals surface area contributed by atoms with E-state index in [2.05, 4.69) is 9.97 Å². The normalized spacial score (nSPS) is 21.2. The molecule has 2 heterocycles. The Balaban J connectivity index is 2.53. The SMILES string of the molecule is O=[S@]1CCc2nc(Cl)nc(Cl)c2C1. The molecule has 2 rings (SSSR count). The predicted molar refractivity (Wildman–Crippen MR) is 52.5 cm³/mol. The van der Waals surface area contributed by atoms with Crippen LogP contribution in [0.5, 0.6) is 0 Å². The molecule has 0 bridgehead atoms. The first-order valence-corrected chi connectivity index (χ1v) is 5.97. The van der Waals surface area contributed by atoms with Gasteiger partial charge in [0.05, 0.1) is 11.4 Å². The Kier molecular flexibility index (Phi) is 2.53. The Morgan fingerprint density at radius 2 is 2.08 bits per heavy atom. The summed E-state index contributed by atoms with van der Waals surface area (Å²) in [6, 6.07) is 0. The van der Waals surface area contributed by atoms with Crippen LogP contribution < -0.4 is 0 Å². The lowest BCUT2D eigenvalue weighted by Gasteiger charge is -2.14. The third-order valence-electron chi connectivity index (χ3n) is 1.89. The van der Waals surface area contributed by atoms with E-state index < -0.39 is 10.8 Å². The van der Waals surface area contributed by atoms with E-state index in [4.69, 9.17) is 23.2 Å². The molecular formula is C7H6Cl2N2OS. The van der Waals surface area contributed by atoms with Gasteiger partial charge in [-0.25, -0.2) is 9.97 Å². The molecule has 1 aromatic heterocycles. The van der Waals surface area contributed by atoms with E-state index in [1.807, 2.05) is 0 Å². The van der Waals surface area contributed by atoms with Crippen LogP contribution in [0.25, 0.3) is 0 Å². The van der Waals surface area contributed by atoms with Crippen molar-refractivity contribution in [2.45, 2.75) is 12.2 Å². The molecular weight excluding hydrogens is 231 g/mol. The van der Waals surface area contributed by atoms with Crippen molar-refractivity contribution in [1.29, 1.82) is 0 Å². The predicted octanol–water partition coefficient (Wildman–Crippen LogP) is 1.59. The summed E-state index contributed by atoms with van der Waals surface area (Å²) in [6.45, 7) is 0. The van der Waals surface area contributed by atoms with Gasteiger partial charge in [-0.3, -0.25) is 4.21 Å². The number of nitrogens with zero attached hydrogens (tertiary/aromatic N) is 2. The van der Waals surface area contributed by atoms with Crippen LogP contribution in [-0.4, -0.2) is 19.9 Å². The molecule has 1 atom stereocenters. The zero-order chi connectivity index (χ0) is 9.42. The third-order valence-corrected chi connectivity index (χ3v) is 3.64. The molecule has 0 spiro atoms. The quantitative estimate of drug-likeness (QED) is 0.508. The first kappa shape index (κ1) is 9.37. The summed E-state index contributed by atoms with van der Waals surface area (Å²) in [6.07, 6.45) is 0.671. The molecule has 1 aromatic rings. The van der Waals surface area contributed by atoms with E-state index in [1.54, 1.807) is 0 Å². The number of fused-ring (bicyclic) bond motifs is 1. The van der Waals surface area contributed by atoms with E-state index in [1.165, 1.54) is 0 Å². The summed E-state index contributed by atoms with van der Waals surface area (Å²) in [5, 5.41) is 0.500. The van der Waals surface area contributed by atoms with Crippen molar-refractivity contribution in [3.05, 3.63) is 21.7 Å². The van der Waals surface area contributed by atoms with Crippen molar-refractivity contribution in [2.75, 3.05) is 5.75 Å². The van der Waals surface area contributed by atoms with E-state index in [9.17, 15) is 4.21 Å². The number of rotatable bonds is 0. The van der Waals surface area contributed by atoms with Crippen molar-refractivity contribution in [1.82, 2.24) is 9.97 Å². The van der Waals surface area contributed by atoms with E-state index >= 15 is 0 Å². The zero-order valence-electron chi connectivity index (χ0n) is 6.59. The van der Waals surface area contributed by atoms with Crippen LogP contribution in [0.1, 0.15) is 11.3 Å². The number of hydrogen-bond donors (Lipinski definition) is 0. The van der Waals surface area contributed by atoms with Gasteiger partial charge in [0, 0.05) is 28.5 Å². The van der Waals surface area contributed by atoms with Gasteiger partial charge in [0.2, 0.25) is 5.28 Å². The van der Waals surface area contributed by atoms with E-state index in [-0.39, 0.29) is 5.28 Å². The molecule has 70 valence electrons. The van der Waals surface area contributed by atoms with Gasteiger partial charge in [-0.1, -0.05) is 11.6 Å². The highest BCUT2D eigenvalue weighted by Crippen LogP contribution is 2.24. The van der Waals surface area contributed by atoms with Gasteiger partial charge in [0.25, 0.3) is 0 Å². The van der Waals surface area contributed by atoms with Crippen LogP contribution in [0.4, 0.5) is 0 Å². The number of halogens is 2. The molecule has 0 fully saturated rings. The highest BCUT2D eigenvalue weighted by atomic mass is 35.5. The molecule has 1 aliphatic heterocycles. The van der Waals surface area contributed by atoms with Crippen LogP contribution >= 0.6 is 23.2 Å². The number of aryl methyl sites for hydroxylation is 1. The summed E-state index contributed by atoms with van der Waals surface area (Å²) in [4.78, 5) is 7.85. The Morgan fingerprint density at radius 3 is 2.85 bits per heavy atom. The zero-order valence-corrected chi connectivity index (χ0v) is 8.92. The van der Waals surface area contributed by atoms with Crippen molar-refractivity contribution in [2.24, 2.45) is 0 Å². The second-order valence-corrected chi connectivity index (χ2v) is 5.02. The first-order valence-electron chi connectivity index (χ1n) is 3.72. The topological polar surface area (TPSA) is 42.9 Å². The standard InChI is InChI=1S/C7H6Cl2N2OS/c8-6-4-3-13(12)2-1-5(4)10-7(9)11-6/h1-3H2/t13-/m0/s1. The minimum atomic E-state index is -0.826. The minimum Gasteiger partial charge on any atom is -0.259 e. The molecule has 6 heteroatoms. The van der Waals surface area contributed by atoms with Gasteiger partial charge in [-0.05, 0) is 11.6 Å². The van der Waals surface area contributed by atoms with Gasteiger partial charge >= 0.3 is 0 Å². The maximum atomic E-state index is 11.2. The molecule has 0 aromatic carbocycles. The van der Waals surface area contributed by atoms with Gasteiger partial charge in [0.15, 0.2) is 0 Å². The second-order valence-electron chi connectivity index (χ2n) is 2.75. The molecule has 0 saturated carbocycles. The van der Waals surface area contributed by atoms with Crippen molar-refractivity contribution in [3.8, 4) is 0 Å². The largest absolute Gasteiger partial charge is 0.259 e. The van der Waals surface area contributed by atoms with Gasteiger partial charge in [-0.2, -0.15) is 0 Å². The van der Waals surface area contributed by atoms with E-state index in [0.29, 0.717) is 23.1 Å². The highest BCUT2D eigenvalue weighted by Gasteiger charge is 2.19. The second kappa shape index (κ2) is 3.52. The molecule has 0 amide bonds. The van der Waals surface area contributed by atoms with E-state index in [0.717, 1.165) is 11.3 Å². The van der Waals surface area contributed by atoms with Crippen LogP contribution in [0, 0.1) is 0 Å². The first-order chi connectivity index (χ1) is 6.16. The minimum absolute atomic E-state index is 0.163. The molecule has 0 radical (unpaired) electrons. The molecule has 1 aliphatic rings. The Hall–Kier alpha value is -0.190. The highest BCUT2D eigenvalue weighted by molar-refractivity contribution is 7.84. The summed E-state index contributed by atoms with van der Waals surface area (Å²) < 4.78 is 11.2. The molecule has 13 heavy (non-hydrogen) atoms. The Bertz CT molecular complexity index is 383. The van der Waals surface area contributed by atoms with Crippen LogP contribution in [-0.2, 0) is 23.0 Å². The Labute approximate surface area is 87.9 Å². The van der Waals surface area contributed by atoms with Gasteiger partial charge < -0.3 is 0 Å². The van der Waals surface area contributed by atoms with Gasteiger partial charge in [0.1, 0.15) is 5.15 Å².